The summed E-state index contributed by atoms with van der Waals surface area (Å²) in [5.41, 5.74) is -0.439. The third-order valence-corrected chi connectivity index (χ3v) is 4.13. The second kappa shape index (κ2) is 8.02. The largest absolute Gasteiger partial charge is 0.444 e. The Labute approximate surface area is 130 Å². The van der Waals surface area contributed by atoms with Gasteiger partial charge in [0.05, 0.1) is 0 Å². The molecule has 3 atom stereocenters. The van der Waals surface area contributed by atoms with Gasteiger partial charge in [-0.2, -0.15) is 0 Å². The van der Waals surface area contributed by atoms with E-state index in [1.54, 1.807) is 0 Å². The van der Waals surface area contributed by atoms with Gasteiger partial charge in [0.25, 0.3) is 0 Å². The number of alkyl carbamates (subject to hydrolysis) is 1. The van der Waals surface area contributed by atoms with E-state index in [0.717, 1.165) is 18.4 Å². The predicted octanol–water partition coefficient (Wildman–Crippen LogP) is 3.70. The summed E-state index contributed by atoms with van der Waals surface area (Å²) in [7, 11) is 0. The number of hydrogen-bond acceptors (Lipinski definition) is 3. The van der Waals surface area contributed by atoms with Gasteiger partial charge in [0, 0.05) is 18.6 Å². The molecular formula is C17H34N2O2. The zero-order valence-corrected chi connectivity index (χ0v) is 14.7. The summed E-state index contributed by atoms with van der Waals surface area (Å²) >= 11 is 0. The standard InChI is InChI=1S/C17H34N2O2/c1-12(2)14-8-7-9-15(10-14)18-11-13(3)19-16(20)21-17(4,5)6/h12-15,18H,7-11H2,1-6H3,(H,19,20). The molecule has 1 saturated carbocycles. The molecule has 1 aliphatic rings. The molecule has 124 valence electrons. The molecule has 4 nitrogen and oxygen atoms in total. The third-order valence-electron chi connectivity index (χ3n) is 4.13. The van der Waals surface area contributed by atoms with E-state index in [4.69, 9.17) is 4.74 Å². The lowest BCUT2D eigenvalue weighted by Gasteiger charge is -2.33. The minimum atomic E-state index is -0.439. The van der Waals surface area contributed by atoms with Gasteiger partial charge in [0.2, 0.25) is 0 Å². The van der Waals surface area contributed by atoms with E-state index >= 15 is 0 Å². The predicted molar refractivity (Wildman–Crippen MR) is 87.4 cm³/mol. The van der Waals surface area contributed by atoms with Crippen molar-refractivity contribution in [2.45, 2.75) is 84.9 Å². The van der Waals surface area contributed by atoms with Crippen molar-refractivity contribution in [1.82, 2.24) is 10.6 Å². The van der Waals surface area contributed by atoms with Crippen LogP contribution in [0.3, 0.4) is 0 Å². The van der Waals surface area contributed by atoms with Crippen LogP contribution in [0.25, 0.3) is 0 Å². The van der Waals surface area contributed by atoms with Crippen LogP contribution in [-0.4, -0.2) is 30.3 Å². The van der Waals surface area contributed by atoms with Gasteiger partial charge in [-0.3, -0.25) is 0 Å². The summed E-state index contributed by atoms with van der Waals surface area (Å²) < 4.78 is 5.27. The van der Waals surface area contributed by atoms with Crippen LogP contribution in [0.4, 0.5) is 4.79 Å². The second-order valence-electron chi connectivity index (χ2n) is 7.82. The van der Waals surface area contributed by atoms with E-state index < -0.39 is 5.60 Å². The molecule has 0 heterocycles. The summed E-state index contributed by atoms with van der Waals surface area (Å²) in [6, 6.07) is 0.674. The maximum absolute atomic E-state index is 11.7. The van der Waals surface area contributed by atoms with Crippen LogP contribution < -0.4 is 10.6 Å². The first-order valence-electron chi connectivity index (χ1n) is 8.40. The zero-order valence-electron chi connectivity index (χ0n) is 14.7. The molecule has 1 rings (SSSR count). The van der Waals surface area contributed by atoms with Crippen molar-refractivity contribution in [3.63, 3.8) is 0 Å². The van der Waals surface area contributed by atoms with Crippen molar-refractivity contribution >= 4 is 6.09 Å². The maximum atomic E-state index is 11.7. The molecule has 4 heteroatoms. The van der Waals surface area contributed by atoms with E-state index in [1.165, 1.54) is 25.7 Å². The van der Waals surface area contributed by atoms with E-state index in [2.05, 4.69) is 24.5 Å². The molecule has 1 aliphatic carbocycles. The smallest absolute Gasteiger partial charge is 0.407 e. The van der Waals surface area contributed by atoms with E-state index in [0.29, 0.717) is 6.04 Å². The average molecular weight is 298 g/mol. The van der Waals surface area contributed by atoms with Gasteiger partial charge in [-0.15, -0.1) is 0 Å². The Morgan fingerprint density at radius 3 is 2.48 bits per heavy atom. The minimum absolute atomic E-state index is 0.0827. The fourth-order valence-electron chi connectivity index (χ4n) is 2.92. The molecule has 0 bridgehead atoms. The van der Waals surface area contributed by atoms with Crippen molar-refractivity contribution in [2.75, 3.05) is 6.54 Å². The summed E-state index contributed by atoms with van der Waals surface area (Å²) in [4.78, 5) is 11.7. The van der Waals surface area contributed by atoms with Crippen LogP contribution in [0.1, 0.15) is 67.2 Å². The first-order valence-corrected chi connectivity index (χ1v) is 8.40. The Morgan fingerprint density at radius 2 is 1.90 bits per heavy atom. The van der Waals surface area contributed by atoms with Crippen molar-refractivity contribution in [3.8, 4) is 0 Å². The monoisotopic (exact) mass is 298 g/mol. The quantitative estimate of drug-likeness (QED) is 0.813. The highest BCUT2D eigenvalue weighted by Gasteiger charge is 2.24. The number of hydrogen-bond donors (Lipinski definition) is 2. The van der Waals surface area contributed by atoms with Crippen LogP contribution in [0.15, 0.2) is 0 Å². The second-order valence-corrected chi connectivity index (χ2v) is 7.82. The lowest BCUT2D eigenvalue weighted by molar-refractivity contribution is 0.0507. The van der Waals surface area contributed by atoms with Crippen LogP contribution in [-0.2, 0) is 4.74 Å². The molecule has 0 radical (unpaired) electrons. The highest BCUT2D eigenvalue weighted by molar-refractivity contribution is 5.68. The van der Waals surface area contributed by atoms with Crippen molar-refractivity contribution in [2.24, 2.45) is 11.8 Å². The van der Waals surface area contributed by atoms with Gasteiger partial charge in [-0.25, -0.2) is 4.79 Å². The van der Waals surface area contributed by atoms with Crippen molar-refractivity contribution in [1.29, 1.82) is 0 Å². The van der Waals surface area contributed by atoms with Crippen LogP contribution >= 0.6 is 0 Å². The number of amides is 1. The molecule has 2 N–H and O–H groups in total. The first-order chi connectivity index (χ1) is 9.67. The van der Waals surface area contributed by atoms with E-state index in [1.807, 2.05) is 27.7 Å². The molecular weight excluding hydrogens is 264 g/mol. The van der Waals surface area contributed by atoms with Gasteiger partial charge in [0.1, 0.15) is 5.60 Å². The normalized spacial score (nSPS) is 24.7. The molecule has 3 unspecified atom stereocenters. The molecule has 0 aromatic carbocycles. The number of rotatable bonds is 5. The Kier molecular flexibility index (Phi) is 6.98. The highest BCUT2D eigenvalue weighted by atomic mass is 16.6. The van der Waals surface area contributed by atoms with Gasteiger partial charge < -0.3 is 15.4 Å². The van der Waals surface area contributed by atoms with Gasteiger partial charge in [-0.05, 0) is 52.4 Å². The molecule has 1 amide bonds. The third kappa shape index (κ3) is 7.70. The van der Waals surface area contributed by atoms with Gasteiger partial charge in [0.15, 0.2) is 0 Å². The molecule has 1 fully saturated rings. The Bertz CT molecular complexity index is 323. The molecule has 0 aromatic heterocycles. The number of carbonyl (C=O) groups excluding carboxylic acids is 1. The van der Waals surface area contributed by atoms with Crippen LogP contribution in [0.5, 0.6) is 0 Å². The lowest BCUT2D eigenvalue weighted by Crippen LogP contribution is -2.46. The molecule has 21 heavy (non-hydrogen) atoms. The summed E-state index contributed by atoms with van der Waals surface area (Å²) in [6.07, 6.45) is 4.86. The topological polar surface area (TPSA) is 50.4 Å². The molecule has 0 saturated heterocycles. The average Bonchev–Trinajstić information content (AvgIpc) is 2.34. The van der Waals surface area contributed by atoms with Crippen LogP contribution in [0.2, 0.25) is 0 Å². The molecule has 0 spiro atoms. The Hall–Kier alpha value is -0.770. The number of nitrogens with one attached hydrogen (secondary N) is 2. The summed E-state index contributed by atoms with van der Waals surface area (Å²) in [5.74, 6) is 1.61. The molecule has 0 aromatic rings. The van der Waals surface area contributed by atoms with Crippen molar-refractivity contribution in [3.05, 3.63) is 0 Å². The first kappa shape index (κ1) is 18.3. The fourth-order valence-corrected chi connectivity index (χ4v) is 2.92. The number of carbonyl (C=O) groups is 1. The highest BCUT2D eigenvalue weighted by Crippen LogP contribution is 2.29. The minimum Gasteiger partial charge on any atom is -0.444 e. The zero-order chi connectivity index (χ0) is 16.0. The van der Waals surface area contributed by atoms with E-state index in [-0.39, 0.29) is 12.1 Å². The van der Waals surface area contributed by atoms with Gasteiger partial charge in [-0.1, -0.05) is 26.7 Å². The van der Waals surface area contributed by atoms with Crippen molar-refractivity contribution < 1.29 is 9.53 Å². The Morgan fingerprint density at radius 1 is 1.24 bits per heavy atom. The van der Waals surface area contributed by atoms with Crippen LogP contribution in [0, 0.1) is 11.8 Å². The van der Waals surface area contributed by atoms with Gasteiger partial charge >= 0.3 is 6.09 Å². The Balaban J connectivity index is 2.26. The molecule has 0 aliphatic heterocycles. The number of ether oxygens (including phenoxy) is 1. The maximum Gasteiger partial charge on any atom is 0.407 e. The fraction of sp³-hybridized carbons (Fsp3) is 0.941. The summed E-state index contributed by atoms with van der Waals surface area (Å²) in [5, 5.41) is 6.49. The summed E-state index contributed by atoms with van der Waals surface area (Å²) in [6.45, 7) is 13.1. The lowest BCUT2D eigenvalue weighted by atomic mass is 9.79. The van der Waals surface area contributed by atoms with E-state index in [9.17, 15) is 4.79 Å². The SMILES string of the molecule is CC(CNC1CCCC(C(C)C)C1)NC(=O)OC(C)(C)C.